The van der Waals surface area contributed by atoms with Crippen molar-refractivity contribution in [3.8, 4) is 0 Å². The fourth-order valence-electron chi connectivity index (χ4n) is 2.01. The number of carbonyl (C=O) groups excluding carboxylic acids is 2. The molecule has 1 atom stereocenters. The molecule has 0 saturated carbocycles. The molecule has 0 radical (unpaired) electrons. The minimum Gasteiger partial charge on any atom is -0.455 e. The number of carbonyl (C=O) groups is 2. The predicted octanol–water partition coefficient (Wildman–Crippen LogP) is 3.47. The topological polar surface area (TPSA) is 55.4 Å². The maximum Gasteiger partial charge on any atom is 0.319 e. The molecule has 0 aliphatic carbocycles. The van der Waals surface area contributed by atoms with Gasteiger partial charge in [-0.2, -0.15) is 0 Å². The van der Waals surface area contributed by atoms with Crippen LogP contribution in [0.4, 0.5) is 4.39 Å². The molecule has 2 aromatic carbocycles. The quantitative estimate of drug-likeness (QED) is 0.606. The molecule has 0 aliphatic heterocycles. The number of nitrogens with one attached hydrogen (secondary N) is 1. The van der Waals surface area contributed by atoms with Gasteiger partial charge in [0, 0.05) is 17.0 Å². The zero-order chi connectivity index (χ0) is 18.2. The number of hydrogen-bond acceptors (Lipinski definition) is 4. The molecule has 2 aromatic rings. The predicted molar refractivity (Wildman–Crippen MR) is 95.7 cm³/mol. The van der Waals surface area contributed by atoms with Crippen molar-refractivity contribution >= 4 is 23.6 Å². The fourth-order valence-corrected chi connectivity index (χ4v) is 2.88. The van der Waals surface area contributed by atoms with E-state index in [1.165, 1.54) is 17.8 Å². The second-order valence-corrected chi connectivity index (χ2v) is 6.96. The summed E-state index contributed by atoms with van der Waals surface area (Å²) in [5, 5.41) is 2.10. The highest BCUT2D eigenvalue weighted by atomic mass is 32.2. The van der Waals surface area contributed by atoms with E-state index in [0.29, 0.717) is 5.56 Å². The Balaban J connectivity index is 1.74. The lowest BCUT2D eigenvalue weighted by Gasteiger charge is -2.12. The van der Waals surface area contributed by atoms with E-state index in [1.807, 2.05) is 31.2 Å². The van der Waals surface area contributed by atoms with Gasteiger partial charge in [0.1, 0.15) is 11.1 Å². The van der Waals surface area contributed by atoms with Crippen LogP contribution in [-0.2, 0) is 20.9 Å². The van der Waals surface area contributed by atoms with Gasteiger partial charge < -0.3 is 10.1 Å². The zero-order valence-corrected chi connectivity index (χ0v) is 14.9. The van der Waals surface area contributed by atoms with Gasteiger partial charge in [0.05, 0.1) is 0 Å². The second-order valence-electron chi connectivity index (χ2n) is 5.55. The average Bonchev–Trinajstić information content (AvgIpc) is 2.60. The van der Waals surface area contributed by atoms with E-state index in [4.69, 9.17) is 4.74 Å². The molecule has 0 fully saturated rings. The first kappa shape index (κ1) is 19.0. The standard InChI is InChI=1S/C19H20FNO3S/c1-13-7-9-16(10-8-13)25-14(2)19(23)24-12-18(22)21-11-15-5-3-4-6-17(15)20/h3-10,14H,11-12H2,1-2H3,(H,21,22)/t14-/m0/s1. The zero-order valence-electron chi connectivity index (χ0n) is 14.1. The summed E-state index contributed by atoms with van der Waals surface area (Å²) < 4.78 is 18.5. The largest absolute Gasteiger partial charge is 0.455 e. The van der Waals surface area contributed by atoms with Gasteiger partial charge in [0.2, 0.25) is 0 Å². The van der Waals surface area contributed by atoms with Gasteiger partial charge >= 0.3 is 5.97 Å². The number of thioether (sulfide) groups is 1. The van der Waals surface area contributed by atoms with Crippen LogP contribution >= 0.6 is 11.8 Å². The molecular formula is C19H20FNO3S. The third-order valence-electron chi connectivity index (χ3n) is 3.45. The molecule has 0 bridgehead atoms. The maximum atomic E-state index is 13.5. The number of hydrogen-bond donors (Lipinski definition) is 1. The Morgan fingerprint density at radius 3 is 2.52 bits per heavy atom. The van der Waals surface area contributed by atoms with Crippen LogP contribution in [-0.4, -0.2) is 23.7 Å². The molecule has 4 nitrogen and oxygen atoms in total. The van der Waals surface area contributed by atoms with Crippen LogP contribution in [0, 0.1) is 12.7 Å². The van der Waals surface area contributed by atoms with Crippen molar-refractivity contribution < 1.29 is 18.7 Å². The van der Waals surface area contributed by atoms with Crippen molar-refractivity contribution in [2.75, 3.05) is 6.61 Å². The summed E-state index contributed by atoms with van der Waals surface area (Å²) in [5.41, 5.74) is 1.52. The van der Waals surface area contributed by atoms with E-state index >= 15 is 0 Å². The number of rotatable bonds is 7. The van der Waals surface area contributed by atoms with E-state index in [0.717, 1.165) is 10.5 Å². The summed E-state index contributed by atoms with van der Waals surface area (Å²) >= 11 is 1.37. The van der Waals surface area contributed by atoms with Crippen molar-refractivity contribution in [3.05, 3.63) is 65.5 Å². The first-order chi connectivity index (χ1) is 12.0. The van der Waals surface area contributed by atoms with Crippen LogP contribution in [0.15, 0.2) is 53.4 Å². The molecule has 1 amide bonds. The van der Waals surface area contributed by atoms with Crippen LogP contribution in [0.25, 0.3) is 0 Å². The Kier molecular flexibility index (Phi) is 7.01. The summed E-state index contributed by atoms with van der Waals surface area (Å²) in [6, 6.07) is 14.0. The van der Waals surface area contributed by atoms with Crippen LogP contribution in [0.5, 0.6) is 0 Å². The summed E-state index contributed by atoms with van der Waals surface area (Å²) in [5.74, 6) is -1.32. The average molecular weight is 361 g/mol. The van der Waals surface area contributed by atoms with E-state index in [1.54, 1.807) is 25.1 Å². The highest BCUT2D eigenvalue weighted by molar-refractivity contribution is 8.00. The number of halogens is 1. The fraction of sp³-hybridized carbons (Fsp3) is 0.263. The molecule has 0 aliphatic rings. The van der Waals surface area contributed by atoms with Gasteiger partial charge in [-0.15, -0.1) is 11.8 Å². The summed E-state index contributed by atoms with van der Waals surface area (Å²) in [6.45, 7) is 3.39. The molecule has 0 aromatic heterocycles. The Hall–Kier alpha value is -2.34. The summed E-state index contributed by atoms with van der Waals surface area (Å²) in [6.07, 6.45) is 0. The molecule has 2 rings (SSSR count). The highest BCUT2D eigenvalue weighted by Crippen LogP contribution is 2.24. The minimum absolute atomic E-state index is 0.0523. The van der Waals surface area contributed by atoms with Crippen molar-refractivity contribution in [2.24, 2.45) is 0 Å². The van der Waals surface area contributed by atoms with Gasteiger partial charge in [0.25, 0.3) is 5.91 Å². The first-order valence-corrected chi connectivity index (χ1v) is 8.73. The van der Waals surface area contributed by atoms with Gasteiger partial charge in [-0.25, -0.2) is 4.39 Å². The van der Waals surface area contributed by atoms with Crippen LogP contribution in [0.3, 0.4) is 0 Å². The molecule has 132 valence electrons. The van der Waals surface area contributed by atoms with E-state index in [9.17, 15) is 14.0 Å². The Bertz CT molecular complexity index is 734. The molecule has 0 heterocycles. The molecule has 0 spiro atoms. The smallest absolute Gasteiger partial charge is 0.319 e. The summed E-state index contributed by atoms with van der Waals surface area (Å²) in [7, 11) is 0. The first-order valence-electron chi connectivity index (χ1n) is 7.86. The third-order valence-corrected chi connectivity index (χ3v) is 4.54. The lowest BCUT2D eigenvalue weighted by Crippen LogP contribution is -2.30. The van der Waals surface area contributed by atoms with Gasteiger partial charge in [-0.05, 0) is 32.0 Å². The summed E-state index contributed by atoms with van der Waals surface area (Å²) in [4.78, 5) is 24.7. The number of ether oxygens (including phenoxy) is 1. The number of aryl methyl sites for hydroxylation is 1. The van der Waals surface area contributed by atoms with Gasteiger partial charge in [0.15, 0.2) is 6.61 Å². The lowest BCUT2D eigenvalue weighted by molar-refractivity contribution is -0.147. The SMILES string of the molecule is Cc1ccc(S[C@@H](C)C(=O)OCC(=O)NCc2ccccc2F)cc1. The van der Waals surface area contributed by atoms with Crippen molar-refractivity contribution in [1.82, 2.24) is 5.32 Å². The van der Waals surface area contributed by atoms with Crippen molar-refractivity contribution in [1.29, 1.82) is 0 Å². The normalized spacial score (nSPS) is 11.6. The van der Waals surface area contributed by atoms with E-state index in [2.05, 4.69) is 5.32 Å². The highest BCUT2D eigenvalue weighted by Gasteiger charge is 2.17. The molecule has 0 saturated heterocycles. The lowest BCUT2D eigenvalue weighted by atomic mass is 10.2. The molecular weight excluding hydrogens is 341 g/mol. The number of amides is 1. The van der Waals surface area contributed by atoms with Crippen molar-refractivity contribution in [3.63, 3.8) is 0 Å². The van der Waals surface area contributed by atoms with Gasteiger partial charge in [-0.3, -0.25) is 9.59 Å². The Morgan fingerprint density at radius 1 is 1.16 bits per heavy atom. The van der Waals surface area contributed by atoms with Crippen LogP contribution in [0.2, 0.25) is 0 Å². The maximum absolute atomic E-state index is 13.5. The van der Waals surface area contributed by atoms with Crippen LogP contribution < -0.4 is 5.32 Å². The second kappa shape index (κ2) is 9.22. The van der Waals surface area contributed by atoms with Crippen LogP contribution in [0.1, 0.15) is 18.1 Å². The Morgan fingerprint density at radius 2 is 1.84 bits per heavy atom. The molecule has 1 N–H and O–H groups in total. The number of benzene rings is 2. The Labute approximate surface area is 150 Å². The third kappa shape index (κ3) is 6.23. The van der Waals surface area contributed by atoms with Gasteiger partial charge in [-0.1, -0.05) is 35.9 Å². The van der Waals surface area contributed by atoms with Crippen molar-refractivity contribution in [2.45, 2.75) is 30.5 Å². The number of esters is 1. The molecule has 6 heteroatoms. The monoisotopic (exact) mass is 361 g/mol. The van der Waals surface area contributed by atoms with E-state index in [-0.39, 0.29) is 19.0 Å². The minimum atomic E-state index is -0.468. The molecule has 25 heavy (non-hydrogen) atoms. The molecule has 0 unspecified atom stereocenters. The van der Waals surface area contributed by atoms with E-state index < -0.39 is 17.1 Å².